The van der Waals surface area contributed by atoms with E-state index in [1.807, 2.05) is 0 Å². The van der Waals surface area contributed by atoms with Gasteiger partial charge < -0.3 is 10.6 Å². The Hall–Kier alpha value is -0.860. The molecule has 0 spiro atoms. The molecule has 0 aliphatic carbocycles. The molecule has 1 heterocycles. The minimum absolute atomic E-state index is 0. The Morgan fingerprint density at radius 2 is 1.77 bits per heavy atom. The van der Waals surface area contributed by atoms with Crippen molar-refractivity contribution in [1.82, 2.24) is 9.21 Å². The van der Waals surface area contributed by atoms with Crippen molar-refractivity contribution < 1.29 is 13.2 Å². The van der Waals surface area contributed by atoms with Gasteiger partial charge in [-0.15, -0.1) is 12.4 Å². The van der Waals surface area contributed by atoms with Crippen LogP contribution in [0.15, 0.2) is 29.2 Å². The van der Waals surface area contributed by atoms with Gasteiger partial charge in [-0.25, -0.2) is 8.42 Å². The quantitative estimate of drug-likeness (QED) is 0.861. The molecule has 124 valence electrons. The Morgan fingerprint density at radius 1 is 1.23 bits per heavy atom. The summed E-state index contributed by atoms with van der Waals surface area (Å²) in [6.07, 6.45) is 0. The minimum atomic E-state index is -3.63. The molecule has 1 aromatic rings. The summed E-state index contributed by atoms with van der Waals surface area (Å²) in [5, 5.41) is 0.201. The van der Waals surface area contributed by atoms with Crippen molar-refractivity contribution in [3.05, 3.63) is 29.3 Å². The molecule has 0 radical (unpaired) electrons. The molecule has 6 nitrogen and oxygen atoms in total. The van der Waals surface area contributed by atoms with Crippen LogP contribution in [0.25, 0.3) is 0 Å². The van der Waals surface area contributed by atoms with E-state index < -0.39 is 16.1 Å². The molecule has 1 amide bonds. The van der Waals surface area contributed by atoms with Gasteiger partial charge in [-0.05, 0) is 19.1 Å². The van der Waals surface area contributed by atoms with Gasteiger partial charge in [0.2, 0.25) is 15.9 Å². The van der Waals surface area contributed by atoms with Crippen LogP contribution in [0.2, 0.25) is 5.02 Å². The number of sulfonamides is 1. The van der Waals surface area contributed by atoms with Crippen molar-refractivity contribution in [3.8, 4) is 0 Å². The van der Waals surface area contributed by atoms with E-state index in [-0.39, 0.29) is 41.3 Å². The summed E-state index contributed by atoms with van der Waals surface area (Å²) in [4.78, 5) is 13.5. The summed E-state index contributed by atoms with van der Waals surface area (Å²) >= 11 is 5.96. The molecule has 0 bridgehead atoms. The molecule has 1 aromatic carbocycles. The van der Waals surface area contributed by atoms with Crippen LogP contribution in [0.5, 0.6) is 0 Å². The topological polar surface area (TPSA) is 83.7 Å². The second-order valence-corrected chi connectivity index (χ2v) is 7.26. The molecule has 2 rings (SSSR count). The van der Waals surface area contributed by atoms with Crippen molar-refractivity contribution in [3.63, 3.8) is 0 Å². The van der Waals surface area contributed by atoms with Gasteiger partial charge >= 0.3 is 0 Å². The highest BCUT2D eigenvalue weighted by Gasteiger charge is 2.31. The molecule has 0 saturated carbocycles. The highest BCUT2D eigenvalue weighted by molar-refractivity contribution is 7.89. The molecule has 22 heavy (non-hydrogen) atoms. The summed E-state index contributed by atoms with van der Waals surface area (Å²) in [6.45, 7) is 2.78. The first-order valence-electron chi connectivity index (χ1n) is 6.63. The predicted octanol–water partition coefficient (Wildman–Crippen LogP) is 0.942. The molecule has 1 saturated heterocycles. The molecule has 0 aromatic heterocycles. The highest BCUT2D eigenvalue weighted by Crippen LogP contribution is 2.24. The fourth-order valence-electron chi connectivity index (χ4n) is 2.23. The average Bonchev–Trinajstić information content (AvgIpc) is 2.46. The number of benzene rings is 1. The van der Waals surface area contributed by atoms with Gasteiger partial charge in [0.1, 0.15) is 4.90 Å². The van der Waals surface area contributed by atoms with E-state index >= 15 is 0 Å². The first kappa shape index (κ1) is 19.2. The largest absolute Gasteiger partial charge is 0.339 e. The second-order valence-electron chi connectivity index (χ2n) is 4.95. The zero-order chi connectivity index (χ0) is 15.6. The van der Waals surface area contributed by atoms with Gasteiger partial charge in [-0.1, -0.05) is 23.7 Å². The van der Waals surface area contributed by atoms with Crippen LogP contribution in [0, 0.1) is 0 Å². The van der Waals surface area contributed by atoms with Crippen molar-refractivity contribution in [2.24, 2.45) is 5.73 Å². The average molecular weight is 368 g/mol. The summed E-state index contributed by atoms with van der Waals surface area (Å²) in [5.41, 5.74) is 5.56. The zero-order valence-corrected chi connectivity index (χ0v) is 14.5. The summed E-state index contributed by atoms with van der Waals surface area (Å²) < 4.78 is 26.4. The molecule has 1 atom stereocenters. The Kier molecular flexibility index (Phi) is 6.64. The standard InChI is InChI=1S/C13H18ClN3O3S.ClH/c1-10(15)13(18)16-6-8-17(9-7-16)21(19,20)12-5-3-2-4-11(12)14;/h2-5,10H,6-9,15H2,1H3;1H/t10-;/m1./s1. The van der Waals surface area contributed by atoms with Crippen LogP contribution in [-0.2, 0) is 14.8 Å². The van der Waals surface area contributed by atoms with E-state index in [9.17, 15) is 13.2 Å². The van der Waals surface area contributed by atoms with Crippen LogP contribution >= 0.6 is 24.0 Å². The summed E-state index contributed by atoms with van der Waals surface area (Å²) in [7, 11) is -3.63. The van der Waals surface area contributed by atoms with Crippen LogP contribution in [0.3, 0.4) is 0 Å². The van der Waals surface area contributed by atoms with Gasteiger partial charge in [-0.2, -0.15) is 4.31 Å². The lowest BCUT2D eigenvalue weighted by molar-refractivity contribution is -0.133. The van der Waals surface area contributed by atoms with E-state index in [1.165, 1.54) is 10.4 Å². The maximum atomic E-state index is 12.5. The van der Waals surface area contributed by atoms with Gasteiger partial charge in [0.25, 0.3) is 0 Å². The number of amides is 1. The van der Waals surface area contributed by atoms with Gasteiger partial charge in [0.05, 0.1) is 11.1 Å². The summed E-state index contributed by atoms with van der Waals surface area (Å²) in [5.74, 6) is -0.162. The van der Waals surface area contributed by atoms with Crippen LogP contribution in [-0.4, -0.2) is 55.8 Å². The van der Waals surface area contributed by atoms with E-state index in [2.05, 4.69) is 0 Å². The van der Waals surface area contributed by atoms with Crippen LogP contribution < -0.4 is 5.73 Å². The molecule has 1 aliphatic heterocycles. The fourth-order valence-corrected chi connectivity index (χ4v) is 4.15. The lowest BCUT2D eigenvalue weighted by Crippen LogP contribution is -2.53. The molecule has 1 aliphatic rings. The van der Waals surface area contributed by atoms with E-state index in [1.54, 1.807) is 30.0 Å². The molecular formula is C13H19Cl2N3O3S. The molecule has 9 heteroatoms. The Morgan fingerprint density at radius 3 is 2.27 bits per heavy atom. The minimum Gasteiger partial charge on any atom is -0.339 e. The molecule has 1 fully saturated rings. The van der Waals surface area contributed by atoms with Crippen LogP contribution in [0.1, 0.15) is 6.92 Å². The molecule has 2 N–H and O–H groups in total. The monoisotopic (exact) mass is 367 g/mol. The predicted molar refractivity (Wildman–Crippen MR) is 87.7 cm³/mol. The van der Waals surface area contributed by atoms with Crippen LogP contribution in [0.4, 0.5) is 0 Å². The van der Waals surface area contributed by atoms with Crippen molar-refractivity contribution in [2.45, 2.75) is 17.9 Å². The van der Waals surface area contributed by atoms with Gasteiger partial charge in [0, 0.05) is 26.2 Å². The number of halogens is 2. The third kappa shape index (κ3) is 3.91. The van der Waals surface area contributed by atoms with Crippen molar-refractivity contribution in [1.29, 1.82) is 0 Å². The summed E-state index contributed by atoms with van der Waals surface area (Å²) in [6, 6.07) is 5.77. The van der Waals surface area contributed by atoms with E-state index in [4.69, 9.17) is 17.3 Å². The molecule has 0 unspecified atom stereocenters. The number of rotatable bonds is 3. The third-order valence-corrected chi connectivity index (χ3v) is 5.79. The van der Waals surface area contributed by atoms with Crippen molar-refractivity contribution in [2.75, 3.05) is 26.2 Å². The lowest BCUT2D eigenvalue weighted by atomic mass is 10.2. The molecular weight excluding hydrogens is 349 g/mol. The lowest BCUT2D eigenvalue weighted by Gasteiger charge is -2.34. The maximum absolute atomic E-state index is 12.5. The normalized spacial score (nSPS) is 17.7. The number of nitrogens with two attached hydrogens (primary N) is 1. The first-order chi connectivity index (χ1) is 9.84. The third-order valence-electron chi connectivity index (χ3n) is 3.39. The highest BCUT2D eigenvalue weighted by atomic mass is 35.5. The Labute approximate surface area is 141 Å². The van der Waals surface area contributed by atoms with Gasteiger partial charge in [0.15, 0.2) is 0 Å². The number of hydrogen-bond donors (Lipinski definition) is 1. The number of hydrogen-bond acceptors (Lipinski definition) is 4. The van der Waals surface area contributed by atoms with E-state index in [0.717, 1.165) is 0 Å². The van der Waals surface area contributed by atoms with E-state index in [0.29, 0.717) is 13.1 Å². The Balaban J connectivity index is 0.00000242. The number of carbonyl (C=O) groups excluding carboxylic acids is 1. The zero-order valence-electron chi connectivity index (χ0n) is 12.1. The smallest absolute Gasteiger partial charge is 0.244 e. The Bertz CT molecular complexity index is 629. The maximum Gasteiger partial charge on any atom is 0.244 e. The number of nitrogens with zero attached hydrogens (tertiary/aromatic N) is 2. The fraction of sp³-hybridized carbons (Fsp3) is 0.462. The second kappa shape index (κ2) is 7.61. The SMILES string of the molecule is C[C@@H](N)C(=O)N1CCN(S(=O)(=O)c2ccccc2Cl)CC1.Cl. The number of piperazine rings is 1. The van der Waals surface area contributed by atoms with Crippen molar-refractivity contribution >= 4 is 39.9 Å². The number of carbonyl (C=O) groups is 1. The van der Waals surface area contributed by atoms with Gasteiger partial charge in [-0.3, -0.25) is 4.79 Å². The first-order valence-corrected chi connectivity index (χ1v) is 8.45.